The molecule has 1 unspecified atom stereocenters. The summed E-state index contributed by atoms with van der Waals surface area (Å²) < 4.78 is 7.61. The van der Waals surface area contributed by atoms with E-state index in [1.165, 1.54) is 16.2 Å². The van der Waals surface area contributed by atoms with Crippen LogP contribution >= 0.6 is 57.1 Å². The van der Waals surface area contributed by atoms with Crippen LogP contribution in [0.4, 0.5) is 4.79 Å². The molecular formula is C21H19Cl2IN2O4S. The first-order valence-electron chi connectivity index (χ1n) is 9.78. The van der Waals surface area contributed by atoms with E-state index in [0.717, 1.165) is 28.2 Å². The van der Waals surface area contributed by atoms with Crippen LogP contribution in [0.2, 0.25) is 9.36 Å². The zero-order valence-corrected chi connectivity index (χ0v) is 20.8. The van der Waals surface area contributed by atoms with Gasteiger partial charge in [-0.2, -0.15) is 0 Å². The highest BCUT2D eigenvalue weighted by atomic mass is 127. The SMILES string of the molecule is O=C(O)N1CCCCC1CCOc1c(-c2ccc(Cl)s2)c(=O)[nH]c2cc(Cl)c(I)cc12. The highest BCUT2D eigenvalue weighted by Crippen LogP contribution is 2.39. The van der Waals surface area contributed by atoms with Gasteiger partial charge in [-0.25, -0.2) is 4.79 Å². The van der Waals surface area contributed by atoms with E-state index in [4.69, 9.17) is 27.9 Å². The van der Waals surface area contributed by atoms with Gasteiger partial charge in [-0.15, -0.1) is 11.3 Å². The molecule has 1 atom stereocenters. The number of likely N-dealkylation sites (tertiary alicyclic amines) is 1. The van der Waals surface area contributed by atoms with E-state index >= 15 is 0 Å². The van der Waals surface area contributed by atoms with Crippen molar-refractivity contribution in [1.29, 1.82) is 0 Å². The number of benzene rings is 1. The van der Waals surface area contributed by atoms with Crippen molar-refractivity contribution in [2.24, 2.45) is 0 Å². The minimum absolute atomic E-state index is 0.0891. The largest absolute Gasteiger partial charge is 0.492 e. The number of carboxylic acid groups (broad SMARTS) is 1. The summed E-state index contributed by atoms with van der Waals surface area (Å²) in [5.41, 5.74) is 0.714. The van der Waals surface area contributed by atoms with Gasteiger partial charge in [0, 0.05) is 32.8 Å². The number of nitrogens with one attached hydrogen (secondary N) is 1. The van der Waals surface area contributed by atoms with Gasteiger partial charge in [-0.05, 0) is 66.1 Å². The van der Waals surface area contributed by atoms with Crippen molar-refractivity contribution in [3.8, 4) is 16.2 Å². The molecule has 1 aliphatic heterocycles. The maximum Gasteiger partial charge on any atom is 0.407 e. The molecular weight excluding hydrogens is 574 g/mol. The third kappa shape index (κ3) is 4.81. The molecule has 0 aliphatic carbocycles. The van der Waals surface area contributed by atoms with Crippen molar-refractivity contribution in [3.05, 3.63) is 47.5 Å². The van der Waals surface area contributed by atoms with Crippen LogP contribution in [0, 0.1) is 3.57 Å². The second kappa shape index (κ2) is 9.56. The molecule has 0 saturated carbocycles. The number of nitrogens with zero attached hydrogens (tertiary/aromatic N) is 1. The molecule has 0 bridgehead atoms. The topological polar surface area (TPSA) is 82.6 Å². The molecule has 0 radical (unpaired) electrons. The Morgan fingerprint density at radius 2 is 2.13 bits per heavy atom. The first kappa shape index (κ1) is 22.7. The Balaban J connectivity index is 1.71. The summed E-state index contributed by atoms with van der Waals surface area (Å²) >= 11 is 15.8. The summed E-state index contributed by atoms with van der Waals surface area (Å²) in [7, 11) is 0. The Morgan fingerprint density at radius 1 is 1.32 bits per heavy atom. The molecule has 3 aromatic rings. The number of pyridine rings is 1. The number of rotatable bonds is 5. The molecule has 6 nitrogen and oxygen atoms in total. The number of fused-ring (bicyclic) bond motifs is 1. The number of ether oxygens (including phenoxy) is 1. The number of carbonyl (C=O) groups is 1. The first-order valence-corrected chi connectivity index (χ1v) is 12.4. The fourth-order valence-corrected chi connectivity index (χ4v) is 5.65. The number of hydrogen-bond acceptors (Lipinski definition) is 4. The van der Waals surface area contributed by atoms with Crippen LogP contribution in [-0.4, -0.2) is 40.3 Å². The summed E-state index contributed by atoms with van der Waals surface area (Å²) in [5.74, 6) is 0.463. The fraction of sp³-hybridized carbons (Fsp3) is 0.333. The Morgan fingerprint density at radius 3 is 2.84 bits per heavy atom. The average Bonchev–Trinajstić information content (AvgIpc) is 3.15. The Labute approximate surface area is 206 Å². The van der Waals surface area contributed by atoms with Crippen LogP contribution in [0.3, 0.4) is 0 Å². The summed E-state index contributed by atoms with van der Waals surface area (Å²) in [6.07, 6.45) is 2.34. The van der Waals surface area contributed by atoms with E-state index in [2.05, 4.69) is 27.6 Å². The maximum absolute atomic E-state index is 13.0. The van der Waals surface area contributed by atoms with Gasteiger partial charge in [0.05, 0.1) is 27.0 Å². The predicted molar refractivity (Wildman–Crippen MR) is 133 cm³/mol. The smallest absolute Gasteiger partial charge is 0.407 e. The van der Waals surface area contributed by atoms with Gasteiger partial charge in [-0.1, -0.05) is 23.2 Å². The highest BCUT2D eigenvalue weighted by molar-refractivity contribution is 14.1. The van der Waals surface area contributed by atoms with Gasteiger partial charge in [0.25, 0.3) is 5.56 Å². The number of hydrogen-bond donors (Lipinski definition) is 2. The van der Waals surface area contributed by atoms with E-state index in [1.807, 2.05) is 6.07 Å². The molecule has 1 aliphatic rings. The van der Waals surface area contributed by atoms with E-state index in [0.29, 0.717) is 44.0 Å². The van der Waals surface area contributed by atoms with Crippen molar-refractivity contribution >= 4 is 74.1 Å². The van der Waals surface area contributed by atoms with Crippen LogP contribution in [0.25, 0.3) is 21.3 Å². The maximum atomic E-state index is 13.0. The van der Waals surface area contributed by atoms with Crippen LogP contribution < -0.4 is 10.3 Å². The summed E-state index contributed by atoms with van der Waals surface area (Å²) in [4.78, 5) is 29.6. The number of H-pyrrole nitrogens is 1. The van der Waals surface area contributed by atoms with Crippen molar-refractivity contribution in [2.45, 2.75) is 31.7 Å². The van der Waals surface area contributed by atoms with Crippen LogP contribution in [0.1, 0.15) is 25.7 Å². The Kier molecular flexibility index (Phi) is 7.00. The molecule has 1 fully saturated rings. The minimum Gasteiger partial charge on any atom is -0.492 e. The Hall–Kier alpha value is -1.49. The lowest BCUT2D eigenvalue weighted by Gasteiger charge is -2.33. The van der Waals surface area contributed by atoms with Gasteiger partial charge in [0.15, 0.2) is 0 Å². The number of halogens is 3. The van der Waals surface area contributed by atoms with Crippen molar-refractivity contribution in [1.82, 2.24) is 9.88 Å². The number of piperidine rings is 1. The van der Waals surface area contributed by atoms with E-state index < -0.39 is 6.09 Å². The molecule has 0 spiro atoms. The molecule has 3 heterocycles. The van der Waals surface area contributed by atoms with Crippen LogP contribution in [0.15, 0.2) is 29.1 Å². The summed E-state index contributed by atoms with van der Waals surface area (Å²) in [6, 6.07) is 7.05. The molecule has 1 saturated heterocycles. The standard InChI is InChI=1S/C21H19Cl2IN2O4S/c22-13-10-15-12(9-14(13)24)19(18(20(27)25-15)16-4-5-17(23)31-16)30-8-6-11-3-1-2-7-26(11)21(28)29/h4-5,9-11H,1-3,6-8H2,(H,25,27)(H,28,29). The molecule has 10 heteroatoms. The normalized spacial score (nSPS) is 16.6. The second-order valence-electron chi connectivity index (χ2n) is 7.34. The monoisotopic (exact) mass is 592 g/mol. The fourth-order valence-electron chi connectivity index (χ4n) is 3.93. The molecule has 2 aromatic heterocycles. The van der Waals surface area contributed by atoms with Gasteiger partial charge in [-0.3, -0.25) is 4.79 Å². The van der Waals surface area contributed by atoms with Crippen molar-refractivity contribution < 1.29 is 14.6 Å². The molecule has 31 heavy (non-hydrogen) atoms. The van der Waals surface area contributed by atoms with Gasteiger partial charge < -0.3 is 19.7 Å². The molecule has 4 rings (SSSR count). The first-order chi connectivity index (χ1) is 14.8. The summed E-state index contributed by atoms with van der Waals surface area (Å²) in [6.45, 7) is 0.835. The molecule has 1 amide bonds. The number of amides is 1. The van der Waals surface area contributed by atoms with Gasteiger partial charge >= 0.3 is 6.09 Å². The number of aromatic amines is 1. The van der Waals surface area contributed by atoms with E-state index in [-0.39, 0.29) is 18.2 Å². The number of aromatic nitrogens is 1. The minimum atomic E-state index is -0.899. The summed E-state index contributed by atoms with van der Waals surface area (Å²) in [5, 5.41) is 10.8. The molecule has 1 aromatic carbocycles. The van der Waals surface area contributed by atoms with Crippen molar-refractivity contribution in [3.63, 3.8) is 0 Å². The highest BCUT2D eigenvalue weighted by Gasteiger charge is 2.26. The van der Waals surface area contributed by atoms with Gasteiger partial charge in [0.1, 0.15) is 5.75 Å². The molecule has 164 valence electrons. The third-order valence-electron chi connectivity index (χ3n) is 5.40. The average molecular weight is 593 g/mol. The number of thiophene rings is 1. The van der Waals surface area contributed by atoms with Crippen molar-refractivity contribution in [2.75, 3.05) is 13.2 Å². The third-order valence-corrected chi connectivity index (χ3v) is 8.17. The zero-order chi connectivity index (χ0) is 22.1. The van der Waals surface area contributed by atoms with Crippen LogP contribution in [0.5, 0.6) is 5.75 Å². The zero-order valence-electron chi connectivity index (χ0n) is 16.3. The lowest BCUT2D eigenvalue weighted by Crippen LogP contribution is -2.43. The second-order valence-corrected chi connectivity index (χ2v) is 10.6. The van der Waals surface area contributed by atoms with Crippen LogP contribution in [-0.2, 0) is 0 Å². The lowest BCUT2D eigenvalue weighted by molar-refractivity contribution is 0.0969. The lowest BCUT2D eigenvalue weighted by atomic mass is 10.0. The van der Waals surface area contributed by atoms with E-state index in [9.17, 15) is 14.7 Å². The Bertz CT molecular complexity index is 1200. The predicted octanol–water partition coefficient (Wildman–Crippen LogP) is 6.47. The molecule has 2 N–H and O–H groups in total. The van der Waals surface area contributed by atoms with Gasteiger partial charge in [0.2, 0.25) is 0 Å². The quantitative estimate of drug-likeness (QED) is 0.333. The van der Waals surface area contributed by atoms with E-state index in [1.54, 1.807) is 18.2 Å².